The summed E-state index contributed by atoms with van der Waals surface area (Å²) in [5.41, 5.74) is 9.16. The molecule has 17 heavy (non-hydrogen) atoms. The topological polar surface area (TPSA) is 47.3 Å². The number of hydrogen-bond acceptors (Lipinski definition) is 3. The maximum Gasteiger partial charge on any atom is 0.0588 e. The van der Waals surface area contributed by atoms with E-state index < -0.39 is 0 Å². The van der Waals surface area contributed by atoms with E-state index in [1.54, 1.807) is 0 Å². The quantitative estimate of drug-likeness (QED) is 0.784. The summed E-state index contributed by atoms with van der Waals surface area (Å²) in [6, 6.07) is 6.26. The van der Waals surface area contributed by atoms with E-state index in [0.717, 1.165) is 30.9 Å². The predicted molar refractivity (Wildman–Crippen MR) is 70.8 cm³/mol. The number of hydrogen-bond donors (Lipinski definition) is 2. The van der Waals surface area contributed by atoms with Crippen LogP contribution in [-0.2, 0) is 11.3 Å². The van der Waals surface area contributed by atoms with Crippen molar-refractivity contribution in [3.05, 3.63) is 29.3 Å². The third-order valence-corrected chi connectivity index (χ3v) is 3.61. The molecule has 94 valence electrons. The van der Waals surface area contributed by atoms with Crippen LogP contribution in [0.2, 0.25) is 0 Å². The lowest BCUT2D eigenvalue weighted by molar-refractivity contribution is 0.105. The van der Waals surface area contributed by atoms with E-state index in [0.29, 0.717) is 12.0 Å². The van der Waals surface area contributed by atoms with Gasteiger partial charge in [0, 0.05) is 25.4 Å². The van der Waals surface area contributed by atoms with Gasteiger partial charge < -0.3 is 15.8 Å². The number of aryl methyl sites for hydroxylation is 1. The molecule has 0 bridgehead atoms. The summed E-state index contributed by atoms with van der Waals surface area (Å²) < 4.78 is 5.54. The van der Waals surface area contributed by atoms with Gasteiger partial charge in [0.1, 0.15) is 0 Å². The van der Waals surface area contributed by atoms with Crippen molar-refractivity contribution >= 4 is 5.69 Å². The standard InChI is InChI=1S/C14H22N2O/c1-10-3-4-12(7-14(10)15)8-16-9-13-5-6-17-11(13)2/h3-4,7,11,13,16H,5-6,8-9,15H2,1-2H3. The smallest absolute Gasteiger partial charge is 0.0588 e. The highest BCUT2D eigenvalue weighted by Crippen LogP contribution is 2.19. The first-order chi connectivity index (χ1) is 8.16. The van der Waals surface area contributed by atoms with Crippen LogP contribution in [0.4, 0.5) is 5.69 Å². The molecule has 2 unspecified atom stereocenters. The summed E-state index contributed by atoms with van der Waals surface area (Å²) in [6.07, 6.45) is 1.56. The molecule has 1 fully saturated rings. The molecule has 0 radical (unpaired) electrons. The van der Waals surface area contributed by atoms with Gasteiger partial charge in [0.2, 0.25) is 0 Å². The number of rotatable bonds is 4. The SMILES string of the molecule is Cc1ccc(CNCC2CCOC2C)cc1N. The predicted octanol–water partition coefficient (Wildman–Crippen LogP) is 2.09. The largest absolute Gasteiger partial charge is 0.399 e. The summed E-state index contributed by atoms with van der Waals surface area (Å²) in [5, 5.41) is 3.49. The summed E-state index contributed by atoms with van der Waals surface area (Å²) in [7, 11) is 0. The number of nitrogens with two attached hydrogens (primary N) is 1. The van der Waals surface area contributed by atoms with Crippen LogP contribution in [0.1, 0.15) is 24.5 Å². The Morgan fingerprint density at radius 2 is 2.29 bits per heavy atom. The minimum atomic E-state index is 0.394. The van der Waals surface area contributed by atoms with Gasteiger partial charge in [-0.2, -0.15) is 0 Å². The molecule has 1 aromatic rings. The van der Waals surface area contributed by atoms with Crippen LogP contribution < -0.4 is 11.1 Å². The third kappa shape index (κ3) is 3.20. The van der Waals surface area contributed by atoms with Crippen molar-refractivity contribution in [1.82, 2.24) is 5.32 Å². The molecule has 1 aliphatic heterocycles. The van der Waals surface area contributed by atoms with Crippen LogP contribution in [0, 0.1) is 12.8 Å². The minimum Gasteiger partial charge on any atom is -0.399 e. The second kappa shape index (κ2) is 5.52. The zero-order valence-corrected chi connectivity index (χ0v) is 10.7. The zero-order valence-electron chi connectivity index (χ0n) is 10.7. The molecule has 0 saturated carbocycles. The van der Waals surface area contributed by atoms with Gasteiger partial charge in [-0.1, -0.05) is 12.1 Å². The van der Waals surface area contributed by atoms with E-state index >= 15 is 0 Å². The number of anilines is 1. The molecular formula is C14H22N2O. The van der Waals surface area contributed by atoms with E-state index in [-0.39, 0.29) is 0 Å². The van der Waals surface area contributed by atoms with Crippen molar-refractivity contribution in [3.63, 3.8) is 0 Å². The zero-order chi connectivity index (χ0) is 12.3. The van der Waals surface area contributed by atoms with Crippen molar-refractivity contribution in [2.75, 3.05) is 18.9 Å². The Balaban J connectivity index is 1.79. The minimum absolute atomic E-state index is 0.394. The average molecular weight is 234 g/mol. The number of ether oxygens (including phenoxy) is 1. The first-order valence-corrected chi connectivity index (χ1v) is 6.34. The fourth-order valence-corrected chi connectivity index (χ4v) is 2.25. The van der Waals surface area contributed by atoms with Crippen LogP contribution >= 0.6 is 0 Å². The first kappa shape index (κ1) is 12.4. The van der Waals surface area contributed by atoms with Gasteiger partial charge in [0.05, 0.1) is 6.10 Å². The summed E-state index contributed by atoms with van der Waals surface area (Å²) in [4.78, 5) is 0. The molecule has 0 aromatic heterocycles. The van der Waals surface area contributed by atoms with Crippen molar-refractivity contribution in [3.8, 4) is 0 Å². The molecule has 3 N–H and O–H groups in total. The molecule has 1 heterocycles. The Kier molecular flexibility index (Phi) is 4.02. The lowest BCUT2D eigenvalue weighted by Gasteiger charge is -2.15. The Morgan fingerprint density at radius 1 is 1.47 bits per heavy atom. The Hall–Kier alpha value is -1.06. The molecule has 0 spiro atoms. The Bertz CT molecular complexity index is 378. The van der Waals surface area contributed by atoms with Crippen molar-refractivity contribution in [2.24, 2.45) is 5.92 Å². The number of nitrogen functional groups attached to an aromatic ring is 1. The van der Waals surface area contributed by atoms with Gasteiger partial charge in [-0.15, -0.1) is 0 Å². The van der Waals surface area contributed by atoms with Gasteiger partial charge in [-0.05, 0) is 43.4 Å². The molecular weight excluding hydrogens is 212 g/mol. The Labute approximate surface area is 103 Å². The van der Waals surface area contributed by atoms with Crippen molar-refractivity contribution < 1.29 is 4.74 Å². The molecule has 2 rings (SSSR count). The highest BCUT2D eigenvalue weighted by Gasteiger charge is 2.23. The van der Waals surface area contributed by atoms with Gasteiger partial charge in [-0.25, -0.2) is 0 Å². The maximum absolute atomic E-state index is 5.89. The number of nitrogens with one attached hydrogen (secondary N) is 1. The van der Waals surface area contributed by atoms with Crippen LogP contribution in [0.15, 0.2) is 18.2 Å². The second-order valence-electron chi connectivity index (χ2n) is 4.95. The monoisotopic (exact) mass is 234 g/mol. The van der Waals surface area contributed by atoms with E-state index in [2.05, 4.69) is 30.4 Å². The van der Waals surface area contributed by atoms with Crippen LogP contribution in [-0.4, -0.2) is 19.3 Å². The van der Waals surface area contributed by atoms with Crippen LogP contribution in [0.25, 0.3) is 0 Å². The lowest BCUT2D eigenvalue weighted by atomic mass is 10.0. The fourth-order valence-electron chi connectivity index (χ4n) is 2.25. The van der Waals surface area contributed by atoms with E-state index in [9.17, 15) is 0 Å². The van der Waals surface area contributed by atoms with Crippen molar-refractivity contribution in [2.45, 2.75) is 32.9 Å². The molecule has 0 amide bonds. The molecule has 3 heteroatoms. The van der Waals surface area contributed by atoms with Crippen LogP contribution in [0.5, 0.6) is 0 Å². The van der Waals surface area contributed by atoms with Gasteiger partial charge in [0.15, 0.2) is 0 Å². The first-order valence-electron chi connectivity index (χ1n) is 6.34. The van der Waals surface area contributed by atoms with Crippen LogP contribution in [0.3, 0.4) is 0 Å². The molecule has 3 nitrogen and oxygen atoms in total. The third-order valence-electron chi connectivity index (χ3n) is 3.61. The molecule has 2 atom stereocenters. The second-order valence-corrected chi connectivity index (χ2v) is 4.95. The fraction of sp³-hybridized carbons (Fsp3) is 0.571. The summed E-state index contributed by atoms with van der Waals surface area (Å²) in [6.45, 7) is 7.00. The summed E-state index contributed by atoms with van der Waals surface area (Å²) in [5.74, 6) is 0.651. The van der Waals surface area contributed by atoms with E-state index in [1.165, 1.54) is 12.0 Å². The normalized spacial score (nSPS) is 24.1. The van der Waals surface area contributed by atoms with Gasteiger partial charge >= 0.3 is 0 Å². The average Bonchev–Trinajstić information content (AvgIpc) is 2.70. The molecule has 1 saturated heterocycles. The molecule has 1 aliphatic rings. The van der Waals surface area contributed by atoms with E-state index in [1.807, 2.05) is 6.92 Å². The van der Waals surface area contributed by atoms with E-state index in [4.69, 9.17) is 10.5 Å². The molecule has 0 aliphatic carbocycles. The van der Waals surface area contributed by atoms with Gasteiger partial charge in [-0.3, -0.25) is 0 Å². The molecule has 1 aromatic carbocycles. The number of benzene rings is 1. The summed E-state index contributed by atoms with van der Waals surface area (Å²) >= 11 is 0. The Morgan fingerprint density at radius 3 is 2.94 bits per heavy atom. The maximum atomic E-state index is 5.89. The van der Waals surface area contributed by atoms with Gasteiger partial charge in [0.25, 0.3) is 0 Å². The van der Waals surface area contributed by atoms with Crippen molar-refractivity contribution in [1.29, 1.82) is 0 Å². The highest BCUT2D eigenvalue weighted by molar-refractivity contribution is 5.48. The highest BCUT2D eigenvalue weighted by atomic mass is 16.5. The lowest BCUT2D eigenvalue weighted by Crippen LogP contribution is -2.26.